The molecule has 1 aromatic rings. The Balaban J connectivity index is 1.98. The monoisotopic (exact) mass is 346 g/mol. The Labute approximate surface area is 125 Å². The van der Waals surface area contributed by atoms with Gasteiger partial charge in [-0.05, 0) is 41.8 Å². The first kappa shape index (κ1) is 15.2. The number of benzene rings is 1. The van der Waals surface area contributed by atoms with Gasteiger partial charge in [-0.15, -0.1) is 0 Å². The van der Waals surface area contributed by atoms with Crippen LogP contribution < -0.4 is 10.6 Å². The number of carbonyl (C=O) groups excluding carboxylic acids is 1. The van der Waals surface area contributed by atoms with E-state index >= 15 is 0 Å². The maximum Gasteiger partial charge on any atom is 0.242 e. The molecule has 0 aliphatic heterocycles. The number of rotatable bonds is 4. The van der Waals surface area contributed by atoms with Crippen molar-refractivity contribution in [1.29, 1.82) is 0 Å². The highest BCUT2D eigenvalue weighted by Gasteiger charge is 2.21. The van der Waals surface area contributed by atoms with E-state index in [9.17, 15) is 13.6 Å². The lowest BCUT2D eigenvalue weighted by Crippen LogP contribution is -2.42. The highest BCUT2D eigenvalue weighted by Crippen LogP contribution is 2.24. The molecule has 2 rings (SSSR count). The van der Waals surface area contributed by atoms with Crippen LogP contribution in [-0.2, 0) is 4.79 Å². The highest BCUT2D eigenvalue weighted by atomic mass is 79.9. The normalized spacial score (nSPS) is 17.0. The number of nitrogens with one attached hydrogen (secondary N) is 2. The molecule has 1 fully saturated rings. The standard InChI is InChI=1S/C14H17BrF2N2O/c1-8(14(20)19-9-4-2-3-5-9)18-13-6-10(15)11(16)7-12(13)17/h6-9,18H,2-5H2,1H3,(H,19,20). The Morgan fingerprint density at radius 1 is 1.30 bits per heavy atom. The second-order valence-corrected chi connectivity index (χ2v) is 5.96. The molecule has 1 saturated carbocycles. The average molecular weight is 347 g/mol. The van der Waals surface area contributed by atoms with Crippen molar-refractivity contribution in [3.8, 4) is 0 Å². The zero-order valence-corrected chi connectivity index (χ0v) is 12.8. The summed E-state index contributed by atoms with van der Waals surface area (Å²) < 4.78 is 26.9. The number of hydrogen-bond donors (Lipinski definition) is 2. The number of hydrogen-bond acceptors (Lipinski definition) is 2. The molecule has 2 N–H and O–H groups in total. The van der Waals surface area contributed by atoms with Gasteiger partial charge in [0.1, 0.15) is 17.7 Å². The zero-order chi connectivity index (χ0) is 14.7. The van der Waals surface area contributed by atoms with Crippen LogP contribution in [0.4, 0.5) is 14.5 Å². The van der Waals surface area contributed by atoms with Gasteiger partial charge < -0.3 is 10.6 Å². The van der Waals surface area contributed by atoms with Crippen molar-refractivity contribution >= 4 is 27.5 Å². The SMILES string of the molecule is CC(Nc1cc(Br)c(F)cc1F)C(=O)NC1CCCC1. The highest BCUT2D eigenvalue weighted by molar-refractivity contribution is 9.10. The molecular weight excluding hydrogens is 330 g/mol. The quantitative estimate of drug-likeness (QED) is 0.818. The molecule has 0 heterocycles. The summed E-state index contributed by atoms with van der Waals surface area (Å²) in [4.78, 5) is 12.0. The van der Waals surface area contributed by atoms with Crippen LogP contribution in [0.1, 0.15) is 32.6 Å². The lowest BCUT2D eigenvalue weighted by atomic mass is 10.2. The van der Waals surface area contributed by atoms with Gasteiger partial charge in [-0.25, -0.2) is 8.78 Å². The fourth-order valence-electron chi connectivity index (χ4n) is 2.33. The third kappa shape index (κ3) is 3.69. The van der Waals surface area contributed by atoms with E-state index in [2.05, 4.69) is 26.6 Å². The third-order valence-corrected chi connectivity index (χ3v) is 4.08. The molecule has 1 aromatic carbocycles. The van der Waals surface area contributed by atoms with Crippen molar-refractivity contribution in [2.24, 2.45) is 0 Å². The summed E-state index contributed by atoms with van der Waals surface area (Å²) in [5.41, 5.74) is 0.104. The summed E-state index contributed by atoms with van der Waals surface area (Å²) in [6.45, 7) is 1.65. The smallest absolute Gasteiger partial charge is 0.242 e. The molecule has 0 aromatic heterocycles. The second kappa shape index (κ2) is 6.52. The van der Waals surface area contributed by atoms with Gasteiger partial charge in [0.25, 0.3) is 0 Å². The van der Waals surface area contributed by atoms with Gasteiger partial charge in [0.15, 0.2) is 0 Å². The number of amides is 1. The molecule has 110 valence electrons. The van der Waals surface area contributed by atoms with Crippen molar-refractivity contribution in [3.05, 3.63) is 28.2 Å². The van der Waals surface area contributed by atoms with Crippen LogP contribution in [0.2, 0.25) is 0 Å². The summed E-state index contributed by atoms with van der Waals surface area (Å²) in [7, 11) is 0. The molecule has 1 atom stereocenters. The van der Waals surface area contributed by atoms with Crippen molar-refractivity contribution in [2.75, 3.05) is 5.32 Å². The van der Waals surface area contributed by atoms with Crippen LogP contribution in [0.15, 0.2) is 16.6 Å². The van der Waals surface area contributed by atoms with Crippen LogP contribution in [0, 0.1) is 11.6 Å². The molecule has 1 aliphatic rings. The Hall–Kier alpha value is -1.17. The Morgan fingerprint density at radius 2 is 1.95 bits per heavy atom. The van der Waals surface area contributed by atoms with Crippen molar-refractivity contribution in [1.82, 2.24) is 5.32 Å². The van der Waals surface area contributed by atoms with Gasteiger partial charge in [-0.1, -0.05) is 12.8 Å². The molecule has 20 heavy (non-hydrogen) atoms. The van der Waals surface area contributed by atoms with Crippen molar-refractivity contribution in [3.63, 3.8) is 0 Å². The summed E-state index contributed by atoms with van der Waals surface area (Å²) >= 11 is 3.00. The van der Waals surface area contributed by atoms with E-state index in [1.54, 1.807) is 6.92 Å². The largest absolute Gasteiger partial charge is 0.371 e. The summed E-state index contributed by atoms with van der Waals surface area (Å²) in [5, 5.41) is 5.70. The minimum atomic E-state index is -0.716. The molecule has 1 aliphatic carbocycles. The van der Waals surface area contributed by atoms with E-state index in [1.165, 1.54) is 6.07 Å². The third-order valence-electron chi connectivity index (χ3n) is 3.48. The molecule has 6 heteroatoms. The first-order valence-electron chi connectivity index (χ1n) is 6.69. The van der Waals surface area contributed by atoms with Crippen LogP contribution >= 0.6 is 15.9 Å². The molecule has 0 saturated heterocycles. The number of carbonyl (C=O) groups is 1. The second-order valence-electron chi connectivity index (χ2n) is 5.10. The predicted octanol–water partition coefficient (Wildman–Crippen LogP) is 3.59. The first-order valence-corrected chi connectivity index (χ1v) is 7.48. The Morgan fingerprint density at radius 3 is 2.60 bits per heavy atom. The van der Waals surface area contributed by atoms with E-state index in [-0.39, 0.29) is 22.1 Å². The maximum atomic E-state index is 13.6. The van der Waals surface area contributed by atoms with E-state index in [0.717, 1.165) is 31.7 Å². The van der Waals surface area contributed by atoms with Gasteiger partial charge in [-0.3, -0.25) is 4.79 Å². The van der Waals surface area contributed by atoms with Crippen LogP contribution in [0.25, 0.3) is 0 Å². The summed E-state index contributed by atoms with van der Waals surface area (Å²) in [5.74, 6) is -1.56. The molecule has 0 bridgehead atoms. The number of halogens is 3. The lowest BCUT2D eigenvalue weighted by molar-refractivity contribution is -0.122. The molecule has 1 amide bonds. The molecule has 3 nitrogen and oxygen atoms in total. The molecule has 0 spiro atoms. The van der Waals surface area contributed by atoms with Gasteiger partial charge in [0.05, 0.1) is 10.2 Å². The van der Waals surface area contributed by atoms with Crippen molar-refractivity contribution < 1.29 is 13.6 Å². The average Bonchev–Trinajstić information content (AvgIpc) is 2.88. The lowest BCUT2D eigenvalue weighted by Gasteiger charge is -2.19. The Bertz CT molecular complexity index is 504. The molecule has 1 unspecified atom stereocenters. The van der Waals surface area contributed by atoms with Gasteiger partial charge in [-0.2, -0.15) is 0 Å². The molecular formula is C14H17BrF2N2O. The van der Waals surface area contributed by atoms with E-state index in [4.69, 9.17) is 0 Å². The summed E-state index contributed by atoms with van der Waals surface area (Å²) in [6, 6.07) is 1.72. The van der Waals surface area contributed by atoms with Crippen molar-refractivity contribution in [2.45, 2.75) is 44.7 Å². The summed E-state index contributed by atoms with van der Waals surface area (Å²) in [6.07, 6.45) is 4.25. The minimum Gasteiger partial charge on any atom is -0.371 e. The molecule has 0 radical (unpaired) electrons. The van der Waals surface area contributed by atoms with Gasteiger partial charge in [0.2, 0.25) is 5.91 Å². The van der Waals surface area contributed by atoms with Crippen LogP contribution in [0.3, 0.4) is 0 Å². The van der Waals surface area contributed by atoms with Gasteiger partial charge in [0, 0.05) is 12.1 Å². The predicted molar refractivity (Wildman–Crippen MR) is 77.5 cm³/mol. The van der Waals surface area contributed by atoms with Crippen LogP contribution in [-0.4, -0.2) is 18.0 Å². The van der Waals surface area contributed by atoms with E-state index in [1.807, 2.05) is 0 Å². The Kier molecular flexibility index (Phi) is 4.96. The zero-order valence-electron chi connectivity index (χ0n) is 11.2. The van der Waals surface area contributed by atoms with E-state index in [0.29, 0.717) is 0 Å². The van der Waals surface area contributed by atoms with E-state index < -0.39 is 17.7 Å². The van der Waals surface area contributed by atoms with Crippen LogP contribution in [0.5, 0.6) is 0 Å². The topological polar surface area (TPSA) is 41.1 Å². The maximum absolute atomic E-state index is 13.6. The minimum absolute atomic E-state index is 0.104. The van der Waals surface area contributed by atoms with Gasteiger partial charge >= 0.3 is 0 Å². The number of anilines is 1. The fraction of sp³-hybridized carbons (Fsp3) is 0.500. The first-order chi connectivity index (χ1) is 9.47. The fourth-order valence-corrected chi connectivity index (χ4v) is 2.67.